The fourth-order valence-electron chi connectivity index (χ4n) is 2.26. The van der Waals surface area contributed by atoms with Gasteiger partial charge in [0.2, 0.25) is 0 Å². The van der Waals surface area contributed by atoms with Gasteiger partial charge in [-0.3, -0.25) is 4.90 Å². The van der Waals surface area contributed by atoms with E-state index in [1.807, 2.05) is 12.1 Å². The topological polar surface area (TPSA) is 24.5 Å². The molecule has 2 rings (SSSR count). The van der Waals surface area contributed by atoms with Crippen LogP contribution < -0.4 is 10.1 Å². The van der Waals surface area contributed by atoms with Gasteiger partial charge in [-0.25, -0.2) is 0 Å². The molecule has 1 aliphatic rings. The molecule has 0 bridgehead atoms. The van der Waals surface area contributed by atoms with Crippen LogP contribution in [0.2, 0.25) is 0 Å². The average molecular weight is 234 g/mol. The average Bonchev–Trinajstić information content (AvgIpc) is 2.56. The molecule has 0 radical (unpaired) electrons. The third-order valence-electron chi connectivity index (χ3n) is 3.48. The van der Waals surface area contributed by atoms with Crippen molar-refractivity contribution < 1.29 is 4.74 Å². The summed E-state index contributed by atoms with van der Waals surface area (Å²) in [7, 11) is 1.71. The Labute approximate surface area is 104 Å². The van der Waals surface area contributed by atoms with Crippen molar-refractivity contribution in [3.05, 3.63) is 29.8 Å². The maximum Gasteiger partial charge on any atom is 0.118 e. The molecule has 94 valence electrons. The number of ether oxygens (including phenoxy) is 1. The summed E-state index contributed by atoms with van der Waals surface area (Å²) in [4.78, 5) is 2.54. The first-order chi connectivity index (χ1) is 8.29. The Morgan fingerprint density at radius 3 is 2.76 bits per heavy atom. The second-order valence-corrected chi connectivity index (χ2v) is 4.71. The molecule has 1 saturated heterocycles. The van der Waals surface area contributed by atoms with Gasteiger partial charge in [-0.1, -0.05) is 12.1 Å². The highest BCUT2D eigenvalue weighted by Gasteiger charge is 2.16. The van der Waals surface area contributed by atoms with Crippen molar-refractivity contribution in [2.45, 2.75) is 25.9 Å². The minimum Gasteiger partial charge on any atom is -0.497 e. The van der Waals surface area contributed by atoms with E-state index in [2.05, 4.69) is 29.3 Å². The fraction of sp³-hybridized carbons (Fsp3) is 0.571. The smallest absolute Gasteiger partial charge is 0.118 e. The minimum atomic E-state index is 0.659. The molecule has 3 nitrogen and oxygen atoms in total. The van der Waals surface area contributed by atoms with Gasteiger partial charge in [-0.05, 0) is 37.6 Å². The molecule has 1 heterocycles. The van der Waals surface area contributed by atoms with Crippen molar-refractivity contribution in [3.8, 4) is 5.75 Å². The number of rotatable bonds is 3. The molecule has 17 heavy (non-hydrogen) atoms. The molecule has 1 fully saturated rings. The Bertz CT molecular complexity index is 337. The van der Waals surface area contributed by atoms with E-state index in [-0.39, 0.29) is 0 Å². The van der Waals surface area contributed by atoms with Gasteiger partial charge < -0.3 is 10.1 Å². The van der Waals surface area contributed by atoms with Crippen LogP contribution in [0.25, 0.3) is 0 Å². The van der Waals surface area contributed by atoms with Gasteiger partial charge in [-0.15, -0.1) is 0 Å². The predicted octanol–water partition coefficient (Wildman–Crippen LogP) is 1.88. The van der Waals surface area contributed by atoms with Gasteiger partial charge in [-0.2, -0.15) is 0 Å². The second kappa shape index (κ2) is 6.03. The lowest BCUT2D eigenvalue weighted by atomic mass is 10.1. The van der Waals surface area contributed by atoms with Crippen molar-refractivity contribution in [2.75, 3.05) is 26.7 Å². The van der Waals surface area contributed by atoms with Crippen LogP contribution in [0, 0.1) is 0 Å². The van der Waals surface area contributed by atoms with Gasteiger partial charge in [0.05, 0.1) is 7.11 Å². The minimum absolute atomic E-state index is 0.659. The molecule has 1 atom stereocenters. The molecular formula is C14H22N2O. The van der Waals surface area contributed by atoms with E-state index in [0.717, 1.165) is 31.9 Å². The summed E-state index contributed by atoms with van der Waals surface area (Å²) in [6.45, 7) is 6.72. The Morgan fingerprint density at radius 1 is 1.29 bits per heavy atom. The van der Waals surface area contributed by atoms with E-state index in [9.17, 15) is 0 Å². The number of nitrogens with zero attached hydrogens (tertiary/aromatic N) is 1. The van der Waals surface area contributed by atoms with E-state index < -0.39 is 0 Å². The summed E-state index contributed by atoms with van der Waals surface area (Å²) in [6.07, 6.45) is 1.23. The lowest BCUT2D eigenvalue weighted by Crippen LogP contribution is -2.33. The molecule has 1 aliphatic heterocycles. The van der Waals surface area contributed by atoms with Crippen LogP contribution in [-0.4, -0.2) is 37.7 Å². The van der Waals surface area contributed by atoms with E-state index in [4.69, 9.17) is 4.74 Å². The SMILES string of the molecule is COc1ccc(CN2CCNCCC2C)cc1. The summed E-state index contributed by atoms with van der Waals surface area (Å²) < 4.78 is 5.18. The monoisotopic (exact) mass is 234 g/mol. The first kappa shape index (κ1) is 12.4. The van der Waals surface area contributed by atoms with Crippen molar-refractivity contribution in [3.63, 3.8) is 0 Å². The molecule has 0 aliphatic carbocycles. The zero-order valence-corrected chi connectivity index (χ0v) is 10.8. The van der Waals surface area contributed by atoms with Gasteiger partial charge >= 0.3 is 0 Å². The number of hydrogen-bond donors (Lipinski definition) is 1. The molecule has 0 aromatic heterocycles. The fourth-order valence-corrected chi connectivity index (χ4v) is 2.26. The number of methoxy groups -OCH3 is 1. The number of nitrogens with one attached hydrogen (secondary N) is 1. The van der Waals surface area contributed by atoms with Crippen LogP contribution in [0.1, 0.15) is 18.9 Å². The maximum atomic E-state index is 5.18. The van der Waals surface area contributed by atoms with Crippen molar-refractivity contribution in [2.24, 2.45) is 0 Å². The molecule has 0 saturated carbocycles. The standard InChI is InChI=1S/C14H22N2O/c1-12-7-8-15-9-10-16(12)11-13-3-5-14(17-2)6-4-13/h3-6,12,15H,7-11H2,1-2H3. The Morgan fingerprint density at radius 2 is 2.06 bits per heavy atom. The third kappa shape index (κ3) is 3.45. The second-order valence-electron chi connectivity index (χ2n) is 4.71. The molecule has 1 unspecified atom stereocenters. The van der Waals surface area contributed by atoms with E-state index in [1.165, 1.54) is 12.0 Å². The first-order valence-electron chi connectivity index (χ1n) is 6.37. The van der Waals surface area contributed by atoms with Gasteiger partial charge in [0, 0.05) is 25.7 Å². The lowest BCUT2D eigenvalue weighted by molar-refractivity contribution is 0.211. The zero-order valence-electron chi connectivity index (χ0n) is 10.8. The van der Waals surface area contributed by atoms with Gasteiger partial charge in [0.25, 0.3) is 0 Å². The molecule has 3 heteroatoms. The highest BCUT2D eigenvalue weighted by atomic mass is 16.5. The molecule has 1 aromatic carbocycles. The lowest BCUT2D eigenvalue weighted by Gasteiger charge is -2.26. The van der Waals surface area contributed by atoms with Crippen LogP contribution in [0.15, 0.2) is 24.3 Å². The number of benzene rings is 1. The van der Waals surface area contributed by atoms with Crippen LogP contribution in [-0.2, 0) is 6.54 Å². The number of hydrogen-bond acceptors (Lipinski definition) is 3. The van der Waals surface area contributed by atoms with Crippen LogP contribution >= 0.6 is 0 Å². The Balaban J connectivity index is 1.98. The summed E-state index contributed by atoms with van der Waals surface area (Å²) in [6, 6.07) is 9.05. The Kier molecular flexibility index (Phi) is 4.40. The molecule has 1 N–H and O–H groups in total. The van der Waals surface area contributed by atoms with Crippen LogP contribution in [0.4, 0.5) is 0 Å². The summed E-state index contributed by atoms with van der Waals surface area (Å²) in [5.41, 5.74) is 1.36. The predicted molar refractivity (Wildman–Crippen MR) is 70.4 cm³/mol. The van der Waals surface area contributed by atoms with Crippen molar-refractivity contribution in [1.29, 1.82) is 0 Å². The largest absolute Gasteiger partial charge is 0.497 e. The molecule has 1 aromatic rings. The highest BCUT2D eigenvalue weighted by molar-refractivity contribution is 5.27. The molecule has 0 amide bonds. The van der Waals surface area contributed by atoms with Gasteiger partial charge in [0.15, 0.2) is 0 Å². The van der Waals surface area contributed by atoms with Crippen LogP contribution in [0.3, 0.4) is 0 Å². The molecular weight excluding hydrogens is 212 g/mol. The first-order valence-corrected chi connectivity index (χ1v) is 6.37. The van der Waals surface area contributed by atoms with Gasteiger partial charge in [0.1, 0.15) is 5.75 Å². The van der Waals surface area contributed by atoms with E-state index in [1.54, 1.807) is 7.11 Å². The molecule has 0 spiro atoms. The van der Waals surface area contributed by atoms with Crippen molar-refractivity contribution >= 4 is 0 Å². The quantitative estimate of drug-likeness (QED) is 0.864. The van der Waals surface area contributed by atoms with E-state index >= 15 is 0 Å². The summed E-state index contributed by atoms with van der Waals surface area (Å²) >= 11 is 0. The van der Waals surface area contributed by atoms with Crippen LogP contribution in [0.5, 0.6) is 5.75 Å². The normalized spacial score (nSPS) is 22.1. The summed E-state index contributed by atoms with van der Waals surface area (Å²) in [5.74, 6) is 0.930. The van der Waals surface area contributed by atoms with Crippen molar-refractivity contribution in [1.82, 2.24) is 10.2 Å². The summed E-state index contributed by atoms with van der Waals surface area (Å²) in [5, 5.41) is 3.45. The maximum absolute atomic E-state index is 5.18. The zero-order chi connectivity index (χ0) is 12.1. The van der Waals surface area contributed by atoms with E-state index in [0.29, 0.717) is 6.04 Å². The highest BCUT2D eigenvalue weighted by Crippen LogP contribution is 2.15. The third-order valence-corrected chi connectivity index (χ3v) is 3.48. The Hall–Kier alpha value is -1.06.